The molecule has 1 heterocycles. The summed E-state index contributed by atoms with van der Waals surface area (Å²) in [5.74, 6) is -1.73. The summed E-state index contributed by atoms with van der Waals surface area (Å²) >= 11 is 0. The zero-order chi connectivity index (χ0) is 18.7. The van der Waals surface area contributed by atoms with Crippen LogP contribution in [0.15, 0.2) is 66.9 Å². The fourth-order valence-electron chi connectivity index (χ4n) is 2.71. The van der Waals surface area contributed by atoms with E-state index >= 15 is 0 Å². The second kappa shape index (κ2) is 6.94. The number of aliphatic carboxylic acids is 1. The Kier molecular flexibility index (Phi) is 4.53. The van der Waals surface area contributed by atoms with E-state index in [1.54, 1.807) is 36.5 Å². The van der Waals surface area contributed by atoms with E-state index in [-0.39, 0.29) is 0 Å². The first-order valence-electron chi connectivity index (χ1n) is 7.68. The van der Waals surface area contributed by atoms with Crippen molar-refractivity contribution in [2.45, 2.75) is 0 Å². The van der Waals surface area contributed by atoms with E-state index in [1.165, 1.54) is 4.57 Å². The lowest BCUT2D eigenvalue weighted by Gasteiger charge is -2.08. The number of hydrogen-bond donors (Lipinski definition) is 3. The minimum absolute atomic E-state index is 0.522. The molecule has 0 saturated heterocycles. The molecule has 0 radical (unpaired) electrons. The van der Waals surface area contributed by atoms with Crippen molar-refractivity contribution < 1.29 is 19.5 Å². The summed E-state index contributed by atoms with van der Waals surface area (Å²) in [6.07, 6.45) is 3.33. The van der Waals surface area contributed by atoms with Crippen LogP contribution in [0.5, 0.6) is 0 Å². The smallest absolute Gasteiger partial charge is 0.328 e. The van der Waals surface area contributed by atoms with E-state index in [0.717, 1.165) is 28.7 Å². The lowest BCUT2D eigenvalue weighted by atomic mass is 10.0. The topological polar surface area (TPSA) is 114 Å². The molecule has 4 N–H and O–H groups in total. The average molecular weight is 349 g/mol. The first kappa shape index (κ1) is 17.0. The molecule has 1 aromatic heterocycles. The molecule has 0 aliphatic carbocycles. The number of nitrogens with zero attached hydrogens (tertiary/aromatic N) is 1. The molecule has 2 amide bonds. The van der Waals surface area contributed by atoms with E-state index in [9.17, 15) is 14.4 Å². The van der Waals surface area contributed by atoms with Gasteiger partial charge < -0.3 is 16.2 Å². The summed E-state index contributed by atoms with van der Waals surface area (Å²) in [6.45, 7) is 0. The highest BCUT2D eigenvalue weighted by atomic mass is 16.4. The Labute approximate surface area is 148 Å². The second-order valence-electron chi connectivity index (χ2n) is 5.50. The second-order valence-corrected chi connectivity index (χ2v) is 5.50. The van der Waals surface area contributed by atoms with Gasteiger partial charge in [0.15, 0.2) is 0 Å². The fraction of sp³-hybridized carbons (Fsp3) is 0. The molecule has 0 bridgehead atoms. The Bertz CT molecular complexity index is 1050. The van der Waals surface area contributed by atoms with E-state index < -0.39 is 17.9 Å². The molecule has 0 spiro atoms. The largest absolute Gasteiger partial charge is 0.478 e. The highest BCUT2D eigenvalue weighted by Gasteiger charge is 2.10. The minimum Gasteiger partial charge on any atom is -0.478 e. The molecular formula is C19H15N3O4. The van der Waals surface area contributed by atoms with Gasteiger partial charge in [-0.2, -0.15) is 0 Å². The Morgan fingerprint density at radius 1 is 1.04 bits per heavy atom. The predicted octanol–water partition coefficient (Wildman–Crippen LogP) is 2.81. The van der Waals surface area contributed by atoms with Crippen LogP contribution >= 0.6 is 0 Å². The van der Waals surface area contributed by atoms with Gasteiger partial charge in [0.25, 0.3) is 0 Å². The van der Waals surface area contributed by atoms with Crippen LogP contribution < -0.4 is 11.1 Å². The molecule has 7 heteroatoms. The summed E-state index contributed by atoms with van der Waals surface area (Å²) in [7, 11) is 0. The van der Waals surface area contributed by atoms with E-state index in [4.69, 9.17) is 10.8 Å². The van der Waals surface area contributed by atoms with Crippen molar-refractivity contribution in [2.24, 2.45) is 5.73 Å². The van der Waals surface area contributed by atoms with Gasteiger partial charge in [-0.1, -0.05) is 24.3 Å². The average Bonchev–Trinajstić information content (AvgIpc) is 3.04. The van der Waals surface area contributed by atoms with Crippen LogP contribution in [0, 0.1) is 0 Å². The van der Waals surface area contributed by atoms with Crippen molar-refractivity contribution >= 4 is 34.5 Å². The summed E-state index contributed by atoms with van der Waals surface area (Å²) in [5, 5.41) is 12.0. The van der Waals surface area contributed by atoms with Crippen LogP contribution in [0.4, 0.5) is 10.5 Å². The third-order valence-electron chi connectivity index (χ3n) is 3.79. The van der Waals surface area contributed by atoms with Crippen molar-refractivity contribution in [1.29, 1.82) is 0 Å². The zero-order valence-electron chi connectivity index (χ0n) is 13.5. The molecule has 26 heavy (non-hydrogen) atoms. The molecule has 0 aliphatic rings. The SMILES string of the molecule is NC(=O)n1ccc2c(-c3cccc(NC(=O)/C=C/C(=O)O)c3)cccc21. The number of benzene rings is 2. The lowest BCUT2D eigenvalue weighted by Crippen LogP contribution is -2.17. The van der Waals surface area contributed by atoms with Crippen LogP contribution in [-0.4, -0.2) is 27.6 Å². The van der Waals surface area contributed by atoms with Gasteiger partial charge in [0.1, 0.15) is 0 Å². The van der Waals surface area contributed by atoms with Gasteiger partial charge in [-0.05, 0) is 35.4 Å². The highest BCUT2D eigenvalue weighted by Crippen LogP contribution is 2.30. The van der Waals surface area contributed by atoms with Crippen LogP contribution in [0.2, 0.25) is 0 Å². The Hall–Kier alpha value is -3.87. The van der Waals surface area contributed by atoms with Crippen molar-refractivity contribution in [1.82, 2.24) is 4.57 Å². The van der Waals surface area contributed by atoms with Gasteiger partial charge in [0, 0.05) is 29.4 Å². The molecular weight excluding hydrogens is 334 g/mol. The van der Waals surface area contributed by atoms with Gasteiger partial charge in [-0.3, -0.25) is 9.36 Å². The summed E-state index contributed by atoms with van der Waals surface area (Å²) in [6, 6.07) is 13.9. The molecule has 0 unspecified atom stereocenters. The van der Waals surface area contributed by atoms with Gasteiger partial charge in [0.2, 0.25) is 5.91 Å². The normalized spacial score (nSPS) is 10.9. The van der Waals surface area contributed by atoms with E-state index in [0.29, 0.717) is 11.2 Å². The summed E-state index contributed by atoms with van der Waals surface area (Å²) < 4.78 is 1.36. The third kappa shape index (κ3) is 3.46. The molecule has 0 saturated carbocycles. The van der Waals surface area contributed by atoms with E-state index in [2.05, 4.69) is 5.32 Å². The number of carboxylic acids is 1. The predicted molar refractivity (Wildman–Crippen MR) is 97.8 cm³/mol. The Balaban J connectivity index is 1.96. The maximum absolute atomic E-state index is 11.7. The monoisotopic (exact) mass is 349 g/mol. The number of amides is 2. The molecule has 2 aromatic carbocycles. The highest BCUT2D eigenvalue weighted by molar-refractivity contribution is 6.03. The number of rotatable bonds is 4. The standard InChI is InChI=1S/C19H15N3O4/c20-19(26)22-10-9-15-14(5-2-6-16(15)22)12-3-1-4-13(11-12)21-17(23)7-8-18(24)25/h1-11H,(H2,20,26)(H,21,23)(H,24,25)/b8-7+. The molecule has 0 atom stereocenters. The molecule has 0 fully saturated rings. The summed E-state index contributed by atoms with van der Waals surface area (Å²) in [5.41, 5.74) is 8.29. The van der Waals surface area contributed by atoms with Gasteiger partial charge >= 0.3 is 12.0 Å². The molecule has 130 valence electrons. The Morgan fingerprint density at radius 2 is 1.81 bits per heavy atom. The number of anilines is 1. The number of hydrogen-bond acceptors (Lipinski definition) is 3. The Morgan fingerprint density at radius 3 is 2.54 bits per heavy atom. The molecule has 0 aliphatic heterocycles. The van der Waals surface area contributed by atoms with Gasteiger partial charge in [0.05, 0.1) is 5.52 Å². The fourth-order valence-corrected chi connectivity index (χ4v) is 2.71. The number of aromatic nitrogens is 1. The number of carbonyl (C=O) groups excluding carboxylic acids is 2. The molecule has 7 nitrogen and oxygen atoms in total. The van der Waals surface area contributed by atoms with Crippen LogP contribution in [-0.2, 0) is 9.59 Å². The molecule has 3 aromatic rings. The van der Waals surface area contributed by atoms with E-state index in [1.807, 2.05) is 18.2 Å². The summed E-state index contributed by atoms with van der Waals surface area (Å²) in [4.78, 5) is 33.7. The van der Waals surface area contributed by atoms with Crippen molar-refractivity contribution in [2.75, 3.05) is 5.32 Å². The van der Waals surface area contributed by atoms with Crippen LogP contribution in [0.25, 0.3) is 22.0 Å². The molecule has 3 rings (SSSR count). The first-order chi connectivity index (χ1) is 12.5. The number of carbonyl (C=O) groups is 3. The first-order valence-corrected chi connectivity index (χ1v) is 7.68. The van der Waals surface area contributed by atoms with Gasteiger partial charge in [-0.15, -0.1) is 0 Å². The third-order valence-corrected chi connectivity index (χ3v) is 3.79. The number of fused-ring (bicyclic) bond motifs is 1. The van der Waals surface area contributed by atoms with Gasteiger partial charge in [-0.25, -0.2) is 9.59 Å². The van der Waals surface area contributed by atoms with Crippen molar-refractivity contribution in [3.05, 3.63) is 66.9 Å². The number of nitrogens with one attached hydrogen (secondary N) is 1. The minimum atomic E-state index is -1.19. The quantitative estimate of drug-likeness (QED) is 0.628. The van der Waals surface area contributed by atoms with Crippen LogP contribution in [0.1, 0.15) is 0 Å². The maximum Gasteiger partial charge on any atom is 0.328 e. The number of primary amides is 1. The van der Waals surface area contributed by atoms with Crippen LogP contribution in [0.3, 0.4) is 0 Å². The maximum atomic E-state index is 11.7. The number of nitrogens with two attached hydrogens (primary N) is 1. The number of carboxylic acid groups (broad SMARTS) is 1. The lowest BCUT2D eigenvalue weighted by molar-refractivity contribution is -0.131. The zero-order valence-corrected chi connectivity index (χ0v) is 13.5. The van der Waals surface area contributed by atoms with Crippen molar-refractivity contribution in [3.8, 4) is 11.1 Å². The van der Waals surface area contributed by atoms with Crippen molar-refractivity contribution in [3.63, 3.8) is 0 Å².